The molecule has 3 N–H and O–H groups in total. The molecule has 0 bridgehead atoms. The van der Waals surface area contributed by atoms with E-state index in [-0.39, 0.29) is 11.3 Å². The van der Waals surface area contributed by atoms with Gasteiger partial charge in [-0.05, 0) is 25.0 Å². The first-order chi connectivity index (χ1) is 13.0. The molecule has 1 heterocycles. The minimum absolute atomic E-state index is 0.213. The van der Waals surface area contributed by atoms with Crippen LogP contribution in [0.25, 0.3) is 11.0 Å². The quantitative estimate of drug-likeness (QED) is 0.536. The van der Waals surface area contributed by atoms with Crippen LogP contribution in [0.4, 0.5) is 0 Å². The van der Waals surface area contributed by atoms with Crippen molar-refractivity contribution < 1.29 is 4.79 Å². The third-order valence-electron chi connectivity index (χ3n) is 5.33. The number of hydrogen-bond donors (Lipinski definition) is 3. The van der Waals surface area contributed by atoms with Crippen LogP contribution in [0.2, 0.25) is 0 Å². The molecule has 27 heavy (non-hydrogen) atoms. The van der Waals surface area contributed by atoms with E-state index in [1.807, 2.05) is 38.4 Å². The maximum atomic E-state index is 12.7. The molecule has 0 spiro atoms. The molecule has 146 valence electrons. The van der Waals surface area contributed by atoms with E-state index in [4.69, 9.17) is 0 Å². The van der Waals surface area contributed by atoms with Crippen molar-refractivity contribution >= 4 is 22.9 Å². The van der Waals surface area contributed by atoms with Gasteiger partial charge in [-0.25, -0.2) is 4.98 Å². The van der Waals surface area contributed by atoms with Crippen LogP contribution in [-0.4, -0.2) is 61.0 Å². The summed E-state index contributed by atoms with van der Waals surface area (Å²) in [4.78, 5) is 26.6. The number of aromatic nitrogens is 2. The zero-order valence-corrected chi connectivity index (χ0v) is 16.5. The first-order valence-corrected chi connectivity index (χ1v) is 9.64. The fourth-order valence-electron chi connectivity index (χ4n) is 3.89. The van der Waals surface area contributed by atoms with Crippen LogP contribution in [0.3, 0.4) is 0 Å². The Morgan fingerprint density at radius 1 is 1.26 bits per heavy atom. The fraction of sp³-hybridized carbons (Fsp3) is 0.550. The minimum atomic E-state index is -0.306. The van der Waals surface area contributed by atoms with Gasteiger partial charge in [0.2, 0.25) is 5.91 Å². The van der Waals surface area contributed by atoms with Crippen LogP contribution in [0.5, 0.6) is 0 Å². The maximum absolute atomic E-state index is 12.7. The molecule has 3 rings (SSSR count). The number of carbonyl (C=O) groups is 1. The van der Waals surface area contributed by atoms with E-state index in [0.717, 1.165) is 54.9 Å². The van der Waals surface area contributed by atoms with Crippen LogP contribution in [0.1, 0.15) is 31.5 Å². The van der Waals surface area contributed by atoms with Crippen LogP contribution in [-0.2, 0) is 11.2 Å². The lowest BCUT2D eigenvalue weighted by Crippen LogP contribution is -2.49. The number of H-pyrrole nitrogens is 1. The van der Waals surface area contributed by atoms with Gasteiger partial charge in [0.1, 0.15) is 5.82 Å². The Labute approximate surface area is 160 Å². The minimum Gasteiger partial charge on any atom is -0.356 e. The highest BCUT2D eigenvalue weighted by atomic mass is 16.2. The Balaban J connectivity index is 1.52. The number of aliphatic imine (C=N–C) groups is 1. The highest BCUT2D eigenvalue weighted by Crippen LogP contribution is 2.38. The monoisotopic (exact) mass is 370 g/mol. The summed E-state index contributed by atoms with van der Waals surface area (Å²) < 4.78 is 0. The third-order valence-corrected chi connectivity index (χ3v) is 5.33. The lowest BCUT2D eigenvalue weighted by atomic mass is 9.84. The Kier molecular flexibility index (Phi) is 5.98. The lowest BCUT2D eigenvalue weighted by Gasteiger charge is -2.31. The molecular weight excluding hydrogens is 340 g/mol. The Bertz CT molecular complexity index is 771. The van der Waals surface area contributed by atoms with E-state index < -0.39 is 0 Å². The number of para-hydroxylation sites is 2. The molecule has 7 heteroatoms. The Hall–Kier alpha value is -2.57. The summed E-state index contributed by atoms with van der Waals surface area (Å²) in [5, 5.41) is 6.69. The Morgan fingerprint density at radius 3 is 2.67 bits per heavy atom. The number of carbonyl (C=O) groups excluding carboxylic acids is 1. The van der Waals surface area contributed by atoms with Gasteiger partial charge in [-0.2, -0.15) is 0 Å². The number of guanidine groups is 1. The average molecular weight is 371 g/mol. The summed E-state index contributed by atoms with van der Waals surface area (Å²) in [7, 11) is 5.43. The van der Waals surface area contributed by atoms with Gasteiger partial charge in [0.05, 0.1) is 16.4 Å². The number of nitrogens with zero attached hydrogens (tertiary/aromatic N) is 3. The fourth-order valence-corrected chi connectivity index (χ4v) is 3.89. The van der Waals surface area contributed by atoms with Gasteiger partial charge in [0, 0.05) is 40.7 Å². The van der Waals surface area contributed by atoms with Crippen LogP contribution in [0.15, 0.2) is 29.3 Å². The molecule has 0 saturated heterocycles. The van der Waals surface area contributed by atoms with E-state index in [1.165, 1.54) is 0 Å². The molecule has 1 aromatic carbocycles. The van der Waals surface area contributed by atoms with Gasteiger partial charge < -0.3 is 20.5 Å². The summed E-state index contributed by atoms with van der Waals surface area (Å²) in [6.45, 7) is 1.34. The second kappa shape index (κ2) is 8.41. The van der Waals surface area contributed by atoms with Gasteiger partial charge in [-0.1, -0.05) is 25.0 Å². The first-order valence-electron chi connectivity index (χ1n) is 9.64. The van der Waals surface area contributed by atoms with E-state index in [2.05, 4.69) is 25.6 Å². The second-order valence-corrected chi connectivity index (χ2v) is 7.49. The highest BCUT2D eigenvalue weighted by Gasteiger charge is 2.42. The van der Waals surface area contributed by atoms with Crippen LogP contribution in [0, 0.1) is 5.41 Å². The van der Waals surface area contributed by atoms with Crippen LogP contribution >= 0.6 is 0 Å². The van der Waals surface area contributed by atoms with Crippen molar-refractivity contribution in [1.29, 1.82) is 0 Å². The molecule has 1 saturated carbocycles. The lowest BCUT2D eigenvalue weighted by molar-refractivity contribution is -0.138. The van der Waals surface area contributed by atoms with E-state index in [1.54, 1.807) is 11.9 Å². The third kappa shape index (κ3) is 4.40. The predicted molar refractivity (Wildman–Crippen MR) is 109 cm³/mol. The Morgan fingerprint density at radius 2 is 2.00 bits per heavy atom. The zero-order valence-electron chi connectivity index (χ0n) is 16.5. The molecule has 0 radical (unpaired) electrons. The zero-order chi connectivity index (χ0) is 19.3. The molecule has 0 aliphatic heterocycles. The van der Waals surface area contributed by atoms with Gasteiger partial charge in [-0.3, -0.25) is 9.79 Å². The number of imidazole rings is 1. The number of fused-ring (bicyclic) bond motifs is 1. The highest BCUT2D eigenvalue weighted by molar-refractivity contribution is 5.85. The number of benzene rings is 1. The normalized spacial score (nSPS) is 16.5. The molecule has 1 amide bonds. The van der Waals surface area contributed by atoms with Crippen molar-refractivity contribution in [2.24, 2.45) is 10.4 Å². The van der Waals surface area contributed by atoms with Gasteiger partial charge >= 0.3 is 0 Å². The molecule has 1 aromatic heterocycles. The van der Waals surface area contributed by atoms with Crippen molar-refractivity contribution in [1.82, 2.24) is 25.5 Å². The molecule has 1 aliphatic rings. The first kappa shape index (κ1) is 19.2. The van der Waals surface area contributed by atoms with E-state index >= 15 is 0 Å². The molecule has 2 aromatic rings. The topological polar surface area (TPSA) is 85.4 Å². The van der Waals surface area contributed by atoms with E-state index in [9.17, 15) is 4.79 Å². The molecular formula is C20H30N6O. The molecule has 1 aliphatic carbocycles. The van der Waals surface area contributed by atoms with Crippen molar-refractivity contribution in [2.75, 3.05) is 34.2 Å². The van der Waals surface area contributed by atoms with Crippen LogP contribution < -0.4 is 10.6 Å². The maximum Gasteiger partial charge on any atom is 0.230 e. The molecule has 0 atom stereocenters. The van der Waals surface area contributed by atoms with Crippen molar-refractivity contribution in [3.63, 3.8) is 0 Å². The van der Waals surface area contributed by atoms with Gasteiger partial charge in [0.15, 0.2) is 5.96 Å². The van der Waals surface area contributed by atoms with Crippen molar-refractivity contribution in [3.8, 4) is 0 Å². The summed E-state index contributed by atoms with van der Waals surface area (Å²) in [6, 6.07) is 8.03. The number of aromatic amines is 1. The van der Waals surface area contributed by atoms with Gasteiger partial charge in [-0.15, -0.1) is 0 Å². The number of nitrogens with one attached hydrogen (secondary N) is 3. The van der Waals surface area contributed by atoms with Gasteiger partial charge in [0.25, 0.3) is 0 Å². The van der Waals surface area contributed by atoms with E-state index in [0.29, 0.717) is 13.1 Å². The molecule has 1 fully saturated rings. The van der Waals surface area contributed by atoms with Crippen molar-refractivity contribution in [3.05, 3.63) is 30.1 Å². The SMILES string of the molecule is CN=C(NCCc1nc2ccccc2[nH]1)NCC1(C(=O)N(C)C)CCCC1. The average Bonchev–Trinajstić information content (AvgIpc) is 3.31. The standard InChI is InChI=1S/C20H30N6O/c1-21-19(23-14-20(11-6-7-12-20)18(27)26(2)3)22-13-10-17-24-15-8-4-5-9-16(15)25-17/h4-5,8-9H,6-7,10-14H2,1-3H3,(H,24,25)(H2,21,22,23). The predicted octanol–water partition coefficient (Wildman–Crippen LogP) is 1.92. The number of hydrogen-bond acceptors (Lipinski definition) is 3. The number of rotatable bonds is 6. The number of amides is 1. The van der Waals surface area contributed by atoms with Crippen molar-refractivity contribution in [2.45, 2.75) is 32.1 Å². The summed E-state index contributed by atoms with van der Waals surface area (Å²) in [5.41, 5.74) is 1.74. The largest absolute Gasteiger partial charge is 0.356 e. The smallest absolute Gasteiger partial charge is 0.230 e. The molecule has 0 unspecified atom stereocenters. The summed E-state index contributed by atoms with van der Waals surface area (Å²) >= 11 is 0. The molecule has 7 nitrogen and oxygen atoms in total. The summed E-state index contributed by atoms with van der Waals surface area (Å²) in [5.74, 6) is 1.89. The second-order valence-electron chi connectivity index (χ2n) is 7.49. The summed E-state index contributed by atoms with van der Waals surface area (Å²) in [6.07, 6.45) is 4.87.